The highest BCUT2D eigenvalue weighted by molar-refractivity contribution is 5.62. The van der Waals surface area contributed by atoms with E-state index in [-0.39, 0.29) is 0 Å². The number of benzene rings is 1. The monoisotopic (exact) mass is 348 g/mol. The van der Waals surface area contributed by atoms with Crippen LogP contribution in [0.15, 0.2) is 53.2 Å². The molecular weight excluding hydrogens is 324 g/mol. The van der Waals surface area contributed by atoms with Crippen LogP contribution in [-0.4, -0.2) is 33.2 Å². The van der Waals surface area contributed by atoms with Crippen LogP contribution in [0.25, 0.3) is 11.1 Å². The summed E-state index contributed by atoms with van der Waals surface area (Å²) in [6, 6.07) is 13.5. The van der Waals surface area contributed by atoms with Gasteiger partial charge < -0.3 is 4.42 Å². The van der Waals surface area contributed by atoms with E-state index in [4.69, 9.17) is 4.42 Å². The number of nitrogens with zero attached hydrogens (tertiary/aromatic N) is 4. The van der Waals surface area contributed by atoms with Gasteiger partial charge in [-0.15, -0.1) is 10.2 Å². The van der Waals surface area contributed by atoms with Gasteiger partial charge in [-0.3, -0.25) is 9.88 Å². The van der Waals surface area contributed by atoms with Gasteiger partial charge >= 0.3 is 0 Å². The Morgan fingerprint density at radius 1 is 1.00 bits per heavy atom. The van der Waals surface area contributed by atoms with E-state index in [2.05, 4.69) is 51.4 Å². The van der Waals surface area contributed by atoms with Crippen LogP contribution in [0.4, 0.5) is 0 Å². The van der Waals surface area contributed by atoms with Crippen LogP contribution in [0.2, 0.25) is 0 Å². The summed E-state index contributed by atoms with van der Waals surface area (Å²) in [7, 11) is 2.21. The Bertz CT molecular complexity index is 844. The largest absolute Gasteiger partial charge is 0.425 e. The Hall–Kier alpha value is -2.53. The van der Waals surface area contributed by atoms with E-state index in [0.29, 0.717) is 17.9 Å². The molecule has 26 heavy (non-hydrogen) atoms. The van der Waals surface area contributed by atoms with Crippen molar-refractivity contribution in [2.75, 3.05) is 7.05 Å². The van der Waals surface area contributed by atoms with E-state index in [9.17, 15) is 0 Å². The average Bonchev–Trinajstić information content (AvgIpc) is 3.32. The molecule has 0 amide bonds. The zero-order chi connectivity index (χ0) is 17.9. The van der Waals surface area contributed by atoms with E-state index >= 15 is 0 Å². The molecule has 2 aromatic heterocycles. The van der Waals surface area contributed by atoms with Crippen molar-refractivity contribution in [3.63, 3.8) is 0 Å². The first-order valence-corrected chi connectivity index (χ1v) is 9.18. The van der Waals surface area contributed by atoms with Gasteiger partial charge in [-0.25, -0.2) is 0 Å². The fraction of sp³-hybridized carbons (Fsp3) is 0.381. The van der Waals surface area contributed by atoms with E-state index in [0.717, 1.165) is 25.3 Å². The first-order chi connectivity index (χ1) is 12.7. The summed E-state index contributed by atoms with van der Waals surface area (Å²) in [5, 5.41) is 8.17. The lowest BCUT2D eigenvalue weighted by Crippen LogP contribution is -2.28. The zero-order valence-corrected chi connectivity index (χ0v) is 15.3. The van der Waals surface area contributed by atoms with Crippen LogP contribution < -0.4 is 0 Å². The molecule has 2 heterocycles. The van der Waals surface area contributed by atoms with Crippen LogP contribution in [0, 0.1) is 6.92 Å². The molecule has 1 saturated carbocycles. The maximum Gasteiger partial charge on any atom is 0.219 e. The molecule has 1 aromatic carbocycles. The minimum atomic E-state index is 0.401. The number of aromatic nitrogens is 3. The molecule has 134 valence electrons. The molecule has 4 rings (SSSR count). The molecule has 2 atom stereocenters. The third-order valence-corrected chi connectivity index (χ3v) is 5.32. The number of pyridine rings is 1. The standard InChI is InChI=1S/C21H24N4O/c1-15-23-24-21(26-15)19-7-8-20(13-19)25(2)14-16-3-5-17(6-4-16)18-9-11-22-12-10-18/h3-6,9-12,19-20H,7-8,13-14H2,1-2H3/t19-,20+/m0/s1. The van der Waals surface area contributed by atoms with Gasteiger partial charge in [0.2, 0.25) is 11.8 Å². The lowest BCUT2D eigenvalue weighted by atomic mass is 10.0. The summed E-state index contributed by atoms with van der Waals surface area (Å²) in [5.74, 6) is 1.86. The second kappa shape index (κ2) is 7.38. The molecule has 1 fully saturated rings. The van der Waals surface area contributed by atoms with Gasteiger partial charge in [0.15, 0.2) is 0 Å². The highest BCUT2D eigenvalue weighted by Gasteiger charge is 2.31. The van der Waals surface area contributed by atoms with Gasteiger partial charge in [0.1, 0.15) is 0 Å². The maximum atomic E-state index is 5.62. The third kappa shape index (κ3) is 3.68. The lowest BCUT2D eigenvalue weighted by Gasteiger charge is -2.24. The molecule has 0 aliphatic heterocycles. The minimum absolute atomic E-state index is 0.401. The van der Waals surface area contributed by atoms with E-state index in [1.54, 1.807) is 0 Å². The lowest BCUT2D eigenvalue weighted by molar-refractivity contribution is 0.234. The van der Waals surface area contributed by atoms with Gasteiger partial charge in [0, 0.05) is 37.8 Å². The van der Waals surface area contributed by atoms with Gasteiger partial charge in [-0.2, -0.15) is 0 Å². The summed E-state index contributed by atoms with van der Waals surface area (Å²) in [5.41, 5.74) is 3.77. The Morgan fingerprint density at radius 3 is 2.42 bits per heavy atom. The molecule has 0 radical (unpaired) electrons. The normalized spacial score (nSPS) is 20.0. The Balaban J connectivity index is 1.37. The summed E-state index contributed by atoms with van der Waals surface area (Å²) < 4.78 is 5.62. The second-order valence-corrected chi connectivity index (χ2v) is 7.17. The Kier molecular flexibility index (Phi) is 4.80. The topological polar surface area (TPSA) is 55.1 Å². The van der Waals surface area contributed by atoms with Crippen molar-refractivity contribution in [2.24, 2.45) is 0 Å². The fourth-order valence-corrected chi connectivity index (χ4v) is 3.82. The summed E-state index contributed by atoms with van der Waals surface area (Å²) >= 11 is 0. The van der Waals surface area contributed by atoms with Crippen molar-refractivity contribution in [2.45, 2.75) is 44.7 Å². The summed E-state index contributed by atoms with van der Waals surface area (Å²) in [6.45, 7) is 2.81. The average molecular weight is 348 g/mol. The maximum absolute atomic E-state index is 5.62. The van der Waals surface area contributed by atoms with E-state index < -0.39 is 0 Å². The molecular formula is C21H24N4O. The predicted molar refractivity (Wildman–Crippen MR) is 101 cm³/mol. The quantitative estimate of drug-likeness (QED) is 0.691. The number of hydrogen-bond donors (Lipinski definition) is 0. The molecule has 1 aliphatic carbocycles. The van der Waals surface area contributed by atoms with Crippen molar-refractivity contribution >= 4 is 0 Å². The second-order valence-electron chi connectivity index (χ2n) is 7.17. The molecule has 0 N–H and O–H groups in total. The predicted octanol–water partition coefficient (Wildman–Crippen LogP) is 4.21. The Labute approximate surface area is 154 Å². The highest BCUT2D eigenvalue weighted by Crippen LogP contribution is 2.36. The minimum Gasteiger partial charge on any atom is -0.425 e. The molecule has 3 aromatic rings. The van der Waals surface area contributed by atoms with Crippen LogP contribution in [0.3, 0.4) is 0 Å². The number of aryl methyl sites for hydroxylation is 1. The van der Waals surface area contributed by atoms with Crippen molar-refractivity contribution in [1.82, 2.24) is 20.1 Å². The molecule has 0 unspecified atom stereocenters. The molecule has 5 nitrogen and oxygen atoms in total. The molecule has 0 saturated heterocycles. The Morgan fingerprint density at radius 2 is 1.73 bits per heavy atom. The van der Waals surface area contributed by atoms with Gasteiger partial charge in [0.05, 0.1) is 0 Å². The smallest absolute Gasteiger partial charge is 0.219 e. The van der Waals surface area contributed by atoms with Gasteiger partial charge in [-0.05, 0) is 55.1 Å². The van der Waals surface area contributed by atoms with Crippen LogP contribution in [0.1, 0.15) is 42.5 Å². The highest BCUT2D eigenvalue weighted by atomic mass is 16.4. The molecule has 1 aliphatic rings. The van der Waals surface area contributed by atoms with Crippen molar-refractivity contribution < 1.29 is 4.42 Å². The van der Waals surface area contributed by atoms with Crippen molar-refractivity contribution in [3.05, 3.63) is 66.1 Å². The molecule has 5 heteroatoms. The third-order valence-electron chi connectivity index (χ3n) is 5.32. The van der Waals surface area contributed by atoms with Crippen LogP contribution >= 0.6 is 0 Å². The number of rotatable bonds is 5. The van der Waals surface area contributed by atoms with Crippen molar-refractivity contribution in [1.29, 1.82) is 0 Å². The molecule has 0 bridgehead atoms. The first-order valence-electron chi connectivity index (χ1n) is 9.18. The van der Waals surface area contributed by atoms with Crippen LogP contribution in [-0.2, 0) is 6.54 Å². The van der Waals surface area contributed by atoms with Crippen LogP contribution in [0.5, 0.6) is 0 Å². The van der Waals surface area contributed by atoms with Gasteiger partial charge in [-0.1, -0.05) is 24.3 Å². The summed E-state index contributed by atoms with van der Waals surface area (Å²) in [4.78, 5) is 6.53. The number of hydrogen-bond acceptors (Lipinski definition) is 5. The SMILES string of the molecule is Cc1nnc([C@H]2CC[C@@H](N(C)Cc3ccc(-c4ccncc4)cc3)C2)o1. The summed E-state index contributed by atoms with van der Waals surface area (Å²) in [6.07, 6.45) is 7.05. The first kappa shape index (κ1) is 16.9. The van der Waals surface area contributed by atoms with E-state index in [1.807, 2.05) is 31.5 Å². The van der Waals surface area contributed by atoms with Crippen molar-refractivity contribution in [3.8, 4) is 11.1 Å². The fourth-order valence-electron chi connectivity index (χ4n) is 3.82. The van der Waals surface area contributed by atoms with Gasteiger partial charge in [0.25, 0.3) is 0 Å². The zero-order valence-electron chi connectivity index (χ0n) is 15.3. The molecule has 0 spiro atoms. The van der Waals surface area contributed by atoms with E-state index in [1.165, 1.54) is 23.1 Å².